The van der Waals surface area contributed by atoms with Crippen molar-refractivity contribution in [3.05, 3.63) is 109 Å². The first-order valence-electron chi connectivity index (χ1n) is 13.7. The van der Waals surface area contributed by atoms with Crippen molar-refractivity contribution in [1.82, 2.24) is 20.4 Å². The van der Waals surface area contributed by atoms with E-state index in [2.05, 4.69) is 84.5 Å². The van der Waals surface area contributed by atoms with Gasteiger partial charge in [-0.2, -0.15) is 0 Å². The zero-order valence-corrected chi connectivity index (χ0v) is 27.3. The summed E-state index contributed by atoms with van der Waals surface area (Å²) in [5.74, 6) is 3.97. The van der Waals surface area contributed by atoms with E-state index in [1.165, 1.54) is 37.7 Å². The molecule has 3 unspecified atom stereocenters. The summed E-state index contributed by atoms with van der Waals surface area (Å²) >= 11 is 0. The maximum atomic E-state index is 4.49. The molecule has 209 valence electrons. The van der Waals surface area contributed by atoms with Gasteiger partial charge in [-0.1, -0.05) is 120 Å². The first-order chi connectivity index (χ1) is 18.7. The molecular formula is C32H44N4O2Y-2. The molecule has 0 spiro atoms. The molecule has 0 saturated heterocycles. The van der Waals surface area contributed by atoms with Gasteiger partial charge in [0.1, 0.15) is 0 Å². The fourth-order valence-electron chi connectivity index (χ4n) is 4.22. The van der Waals surface area contributed by atoms with Crippen LogP contribution in [-0.2, 0) is 39.1 Å². The molecule has 3 atom stereocenters. The second-order valence-corrected chi connectivity index (χ2v) is 8.40. The van der Waals surface area contributed by atoms with Crippen LogP contribution in [0.5, 0.6) is 0 Å². The maximum Gasteiger partial charge on any atom is 0.0550 e. The van der Waals surface area contributed by atoms with Crippen molar-refractivity contribution in [3.8, 4) is 0 Å². The molecule has 2 aliphatic carbocycles. The number of rotatable bonds is 4. The second-order valence-electron chi connectivity index (χ2n) is 8.40. The van der Waals surface area contributed by atoms with Crippen molar-refractivity contribution in [1.29, 1.82) is 0 Å². The smallest absolute Gasteiger partial charge is 0.0550 e. The van der Waals surface area contributed by atoms with Gasteiger partial charge in [0.05, 0.1) is 24.6 Å². The number of nitrogens with zero attached hydrogens (tertiary/aromatic N) is 4. The van der Waals surface area contributed by atoms with Crippen LogP contribution in [0.4, 0.5) is 0 Å². The third kappa shape index (κ3) is 17.0. The third-order valence-electron chi connectivity index (χ3n) is 5.82. The zero-order valence-electron chi connectivity index (χ0n) is 24.5. The first kappa shape index (κ1) is 36.6. The van der Waals surface area contributed by atoms with Gasteiger partial charge in [-0.3, -0.25) is 0 Å². The van der Waals surface area contributed by atoms with E-state index in [4.69, 9.17) is 0 Å². The van der Waals surface area contributed by atoms with E-state index < -0.39 is 0 Å². The number of hydrogen-bond donors (Lipinski definition) is 0. The zero-order chi connectivity index (χ0) is 27.8. The molecule has 0 aliphatic heterocycles. The Balaban J connectivity index is 0.000000525. The fraction of sp³-hybridized carbons (Fsp3) is 0.438. The number of benzene rings is 2. The molecule has 6 nitrogen and oxygen atoms in total. The first-order valence-corrected chi connectivity index (χ1v) is 13.7. The van der Waals surface area contributed by atoms with Crippen LogP contribution in [0.2, 0.25) is 0 Å². The molecule has 1 radical (unpaired) electrons. The van der Waals surface area contributed by atoms with E-state index in [0.29, 0.717) is 11.8 Å². The molecule has 0 N–H and O–H groups in total. The van der Waals surface area contributed by atoms with Crippen molar-refractivity contribution < 1.29 is 41.5 Å². The summed E-state index contributed by atoms with van der Waals surface area (Å²) in [7, 11) is 0. The molecule has 2 aromatic heterocycles. The summed E-state index contributed by atoms with van der Waals surface area (Å²) in [6.07, 6.45) is 16.3. The Morgan fingerprint density at radius 1 is 0.718 bits per heavy atom. The number of hydrogen-bond acceptors (Lipinski definition) is 6. The molecule has 0 amide bonds. The Morgan fingerprint density at radius 2 is 1.21 bits per heavy atom. The SMILES string of the molecule is C1=CC2CC1CC2CCCc1ccccc1.CC.CC.Cc1nn[c-]o1.Cc1nn[c-]o1.[Y].c1ccccc1. The molecule has 7 heteroatoms. The largest absolute Gasteiger partial charge is 0.613 e. The minimum absolute atomic E-state index is 0. The van der Waals surface area contributed by atoms with Crippen LogP contribution in [-0.4, -0.2) is 20.4 Å². The van der Waals surface area contributed by atoms with E-state index in [-0.39, 0.29) is 32.7 Å². The molecule has 39 heavy (non-hydrogen) atoms. The van der Waals surface area contributed by atoms with Gasteiger partial charge >= 0.3 is 0 Å². The number of allylic oxidation sites excluding steroid dienone is 2. The average molecular weight is 606 g/mol. The Kier molecular flexibility index (Phi) is 23.1. The van der Waals surface area contributed by atoms with Crippen LogP contribution in [0.15, 0.2) is 87.7 Å². The summed E-state index contributed by atoms with van der Waals surface area (Å²) in [5, 5.41) is 13.4. The van der Waals surface area contributed by atoms with E-state index in [9.17, 15) is 0 Å². The Morgan fingerprint density at radius 3 is 1.54 bits per heavy atom. The fourth-order valence-corrected chi connectivity index (χ4v) is 4.22. The Hall–Kier alpha value is -2.44. The molecule has 6 rings (SSSR count). The van der Waals surface area contributed by atoms with Gasteiger partial charge in [-0.05, 0) is 55.4 Å². The van der Waals surface area contributed by atoms with Crippen LogP contribution in [0, 0.1) is 44.4 Å². The molecule has 1 saturated carbocycles. The van der Waals surface area contributed by atoms with Crippen LogP contribution in [0.3, 0.4) is 0 Å². The second kappa shape index (κ2) is 24.6. The van der Waals surface area contributed by atoms with Gasteiger partial charge in [-0.25, -0.2) is 20.4 Å². The molecule has 1 fully saturated rings. The molecular weight excluding hydrogens is 561 g/mol. The van der Waals surface area contributed by atoms with Crippen LogP contribution in [0.25, 0.3) is 0 Å². The number of aromatic nitrogens is 4. The molecule has 2 bridgehead atoms. The van der Waals surface area contributed by atoms with Gasteiger partial charge in [0, 0.05) is 32.7 Å². The molecule has 2 aliphatic rings. The molecule has 2 aromatic carbocycles. The van der Waals surface area contributed by atoms with Crippen molar-refractivity contribution in [3.63, 3.8) is 0 Å². The number of aryl methyl sites for hydroxylation is 3. The predicted octanol–water partition coefficient (Wildman–Crippen LogP) is 8.31. The van der Waals surface area contributed by atoms with Crippen molar-refractivity contribution in [2.24, 2.45) is 17.8 Å². The van der Waals surface area contributed by atoms with Crippen molar-refractivity contribution in [2.75, 3.05) is 0 Å². The Bertz CT molecular complexity index is 968. The van der Waals surface area contributed by atoms with Crippen LogP contribution in [0.1, 0.15) is 70.7 Å². The summed E-state index contributed by atoms with van der Waals surface area (Å²) in [5.41, 5.74) is 1.50. The standard InChI is InChI=1S/C16H20.C6H6.2C3H3N2O.2C2H6.Y/c1-2-5-13(6-3-1)7-4-8-15-11-14-9-10-16(15)12-14;1-2-4-6-5-3-1;2*1-3-5-4-2-6-3;2*1-2;/h1-3,5-6,9-10,14-16H,4,7-8,11-12H2;1-6H;2*1H3;2*1-2H3;/q;;2*-1;;;. The molecule has 4 aromatic rings. The van der Waals surface area contributed by atoms with Gasteiger partial charge in [0.15, 0.2) is 0 Å². The van der Waals surface area contributed by atoms with Gasteiger partial charge < -0.3 is 8.83 Å². The quantitative estimate of drug-likeness (QED) is 0.172. The number of fused-ring (bicyclic) bond motifs is 2. The monoisotopic (exact) mass is 605 g/mol. The van der Waals surface area contributed by atoms with E-state index >= 15 is 0 Å². The minimum Gasteiger partial charge on any atom is -0.613 e. The van der Waals surface area contributed by atoms with E-state index in [1.807, 2.05) is 64.1 Å². The van der Waals surface area contributed by atoms with Crippen LogP contribution >= 0.6 is 0 Å². The van der Waals surface area contributed by atoms with Crippen molar-refractivity contribution >= 4 is 0 Å². The topological polar surface area (TPSA) is 77.8 Å². The van der Waals surface area contributed by atoms with E-state index in [1.54, 1.807) is 13.8 Å². The normalized spacial score (nSPS) is 17.0. The van der Waals surface area contributed by atoms with Crippen LogP contribution < -0.4 is 0 Å². The molecule has 2 heterocycles. The predicted molar refractivity (Wildman–Crippen MR) is 153 cm³/mol. The summed E-state index contributed by atoms with van der Waals surface area (Å²) in [4.78, 5) is 0. The third-order valence-corrected chi connectivity index (χ3v) is 5.82. The summed E-state index contributed by atoms with van der Waals surface area (Å²) in [6.45, 7) is 11.4. The maximum absolute atomic E-state index is 4.49. The van der Waals surface area contributed by atoms with Gasteiger partial charge in [0.25, 0.3) is 0 Å². The Labute approximate surface area is 261 Å². The average Bonchev–Trinajstić information content (AvgIpc) is 3.82. The van der Waals surface area contributed by atoms with Gasteiger partial charge in [0.2, 0.25) is 0 Å². The minimum atomic E-state index is 0. The summed E-state index contributed by atoms with van der Waals surface area (Å²) in [6, 6.07) is 22.9. The van der Waals surface area contributed by atoms with Gasteiger partial charge in [-0.15, -0.1) is 0 Å². The summed E-state index contributed by atoms with van der Waals surface area (Å²) < 4.78 is 8.97. The van der Waals surface area contributed by atoms with Crippen molar-refractivity contribution in [2.45, 2.75) is 73.6 Å². The van der Waals surface area contributed by atoms with E-state index in [0.717, 1.165) is 17.8 Å².